The molecular weight excluding hydrogens is 713 g/mol. The lowest BCUT2D eigenvalue weighted by Crippen LogP contribution is -2.49. The van der Waals surface area contributed by atoms with E-state index in [4.69, 9.17) is 14.5 Å². The van der Waals surface area contributed by atoms with Crippen molar-refractivity contribution < 1.29 is 54.9 Å². The van der Waals surface area contributed by atoms with Crippen LogP contribution in [-0.4, -0.2) is 81.9 Å². The summed E-state index contributed by atoms with van der Waals surface area (Å²) >= 11 is 0. The van der Waals surface area contributed by atoms with E-state index in [0.717, 1.165) is 0 Å². The third-order valence-corrected chi connectivity index (χ3v) is 10.7. The van der Waals surface area contributed by atoms with Gasteiger partial charge in [-0.3, -0.25) is 4.90 Å². The van der Waals surface area contributed by atoms with Gasteiger partial charge in [-0.25, -0.2) is 23.9 Å². The van der Waals surface area contributed by atoms with Crippen molar-refractivity contribution in [2.75, 3.05) is 25.1 Å². The first-order valence-corrected chi connectivity index (χ1v) is 16.5. The average Bonchev–Trinajstić information content (AvgIpc) is 3.98. The Bertz CT molecular complexity index is 2190. The standard InChI is InChI=1S/C37H29F7N4O5/c1-18-9-20(31(49)50)3-5-24(18)19-4-6-30(52-2)25(10-19)26-14-45-32(47-15-23(38)16-47)46-29(26)17-48-33(51)53-35(34(48)7-8-34)27-12-21(36(39,40)41)11-22(13-28(27)35)37(42,43)44/h3-6,9-14,23,27H,7-8,15-17H2,1-2H3,(H,49,50)/t27-,35-/m1/s1. The van der Waals surface area contributed by atoms with Gasteiger partial charge >= 0.3 is 24.4 Å². The number of alkyl halides is 7. The highest BCUT2D eigenvalue weighted by Crippen LogP contribution is 2.73. The summed E-state index contributed by atoms with van der Waals surface area (Å²) in [4.78, 5) is 37.4. The van der Waals surface area contributed by atoms with Crippen molar-refractivity contribution in [2.45, 2.75) is 56.0 Å². The maximum absolute atomic E-state index is 13.9. The SMILES string of the molecule is COc1ccc(-c2ccc(C(=O)O)cc2C)cc1-c1cnc(N2CC(F)C2)nc1CN1C(=O)O[C@]2(C3=CC(C(F)(F)F)=CC(C(F)(F)F)=C[C@H]32)C12CC2. The maximum atomic E-state index is 13.9. The van der Waals surface area contributed by atoms with Gasteiger partial charge in [-0.05, 0) is 78.4 Å². The quantitative estimate of drug-likeness (QED) is 0.245. The maximum Gasteiger partial charge on any atom is 0.416 e. The second-order valence-corrected chi connectivity index (χ2v) is 13.8. The number of halogens is 7. The van der Waals surface area contributed by atoms with E-state index in [2.05, 4.69) is 4.98 Å². The molecule has 0 unspecified atom stereocenters. The minimum atomic E-state index is -5.10. The van der Waals surface area contributed by atoms with Crippen LogP contribution in [0.4, 0.5) is 41.5 Å². The van der Waals surface area contributed by atoms with Crippen LogP contribution in [0.5, 0.6) is 5.75 Å². The molecule has 1 aromatic heterocycles. The Kier molecular flexibility index (Phi) is 7.55. The van der Waals surface area contributed by atoms with Gasteiger partial charge in [0.2, 0.25) is 5.95 Å². The van der Waals surface area contributed by atoms with E-state index in [1.54, 1.807) is 36.1 Å². The topological polar surface area (TPSA) is 105 Å². The van der Waals surface area contributed by atoms with E-state index in [-0.39, 0.29) is 61.3 Å². The van der Waals surface area contributed by atoms with Crippen molar-refractivity contribution in [3.8, 4) is 28.0 Å². The van der Waals surface area contributed by atoms with E-state index in [1.165, 1.54) is 30.3 Å². The number of amides is 1. The van der Waals surface area contributed by atoms with Crippen LogP contribution in [0.15, 0.2) is 77.5 Å². The molecule has 4 fully saturated rings. The molecule has 53 heavy (non-hydrogen) atoms. The van der Waals surface area contributed by atoms with Gasteiger partial charge in [-0.2, -0.15) is 26.3 Å². The number of anilines is 1. The van der Waals surface area contributed by atoms with Crippen molar-refractivity contribution >= 4 is 18.0 Å². The Morgan fingerprint density at radius 2 is 1.72 bits per heavy atom. The van der Waals surface area contributed by atoms with Gasteiger partial charge in [-0.15, -0.1) is 0 Å². The van der Waals surface area contributed by atoms with E-state index in [9.17, 15) is 45.4 Å². The number of fused-ring (bicyclic) bond motifs is 4. The lowest BCUT2D eigenvalue weighted by molar-refractivity contribution is -0.0935. The highest BCUT2D eigenvalue weighted by molar-refractivity contribution is 5.89. The zero-order valence-electron chi connectivity index (χ0n) is 28.0. The molecule has 0 bridgehead atoms. The Hall–Kier alpha value is -5.41. The number of carboxylic acids is 1. The number of aromatic carboxylic acids is 1. The predicted octanol–water partition coefficient (Wildman–Crippen LogP) is 7.75. The zero-order chi connectivity index (χ0) is 37.8. The third kappa shape index (κ3) is 5.43. The minimum absolute atomic E-state index is 0.0285. The van der Waals surface area contributed by atoms with Crippen LogP contribution in [0.2, 0.25) is 0 Å². The van der Waals surface area contributed by atoms with Gasteiger partial charge in [0.25, 0.3) is 0 Å². The summed E-state index contributed by atoms with van der Waals surface area (Å²) in [7, 11) is 1.44. The number of aromatic nitrogens is 2. The molecule has 9 nitrogen and oxygen atoms in total. The highest BCUT2D eigenvalue weighted by atomic mass is 19.4. The number of rotatable bonds is 7. The average molecular weight is 743 g/mol. The van der Waals surface area contributed by atoms with Gasteiger partial charge < -0.3 is 19.5 Å². The van der Waals surface area contributed by atoms with E-state index < -0.39 is 58.8 Å². The summed E-state index contributed by atoms with van der Waals surface area (Å²) in [6, 6.07) is 9.92. The number of aryl methyl sites for hydroxylation is 1. The predicted molar refractivity (Wildman–Crippen MR) is 175 cm³/mol. The van der Waals surface area contributed by atoms with Crippen molar-refractivity contribution in [2.24, 2.45) is 5.92 Å². The Balaban J connectivity index is 1.21. The second kappa shape index (κ2) is 11.5. The molecule has 3 aliphatic carbocycles. The zero-order valence-corrected chi connectivity index (χ0v) is 28.0. The van der Waals surface area contributed by atoms with E-state index in [1.807, 2.05) is 0 Å². The molecule has 0 radical (unpaired) electrons. The first-order valence-electron chi connectivity index (χ1n) is 16.5. The molecular formula is C37H29F7N4O5. The summed E-state index contributed by atoms with van der Waals surface area (Å²) in [5.74, 6) is -1.77. The smallest absolute Gasteiger partial charge is 0.416 e. The van der Waals surface area contributed by atoms with Crippen molar-refractivity contribution in [3.63, 3.8) is 0 Å². The fourth-order valence-corrected chi connectivity index (χ4v) is 7.87. The first-order chi connectivity index (χ1) is 25.0. The summed E-state index contributed by atoms with van der Waals surface area (Å²) in [6.07, 6.45) is -8.79. The molecule has 3 heterocycles. The van der Waals surface area contributed by atoms with Crippen LogP contribution >= 0.6 is 0 Å². The van der Waals surface area contributed by atoms with Gasteiger partial charge in [0.15, 0.2) is 5.60 Å². The lowest BCUT2D eigenvalue weighted by atomic mass is 9.94. The summed E-state index contributed by atoms with van der Waals surface area (Å²) < 4.78 is 109. The van der Waals surface area contributed by atoms with Crippen LogP contribution in [-0.2, 0) is 11.3 Å². The largest absolute Gasteiger partial charge is 0.496 e. The number of methoxy groups -OCH3 is 1. The van der Waals surface area contributed by atoms with Crippen LogP contribution in [0, 0.1) is 12.8 Å². The number of nitrogens with zero attached hydrogens (tertiary/aromatic N) is 4. The number of allylic oxidation sites excluding steroid dienone is 4. The summed E-state index contributed by atoms with van der Waals surface area (Å²) in [6.45, 7) is 1.55. The number of carbonyl (C=O) groups is 2. The molecule has 3 aromatic rings. The molecule has 2 saturated heterocycles. The van der Waals surface area contributed by atoms with Gasteiger partial charge in [0.1, 0.15) is 11.9 Å². The second-order valence-electron chi connectivity index (χ2n) is 13.8. The van der Waals surface area contributed by atoms with Crippen molar-refractivity contribution in [1.29, 1.82) is 0 Å². The molecule has 2 aliphatic heterocycles. The summed E-state index contributed by atoms with van der Waals surface area (Å²) in [5.41, 5.74) is -2.74. The van der Waals surface area contributed by atoms with Crippen LogP contribution in [0.1, 0.15) is 34.5 Å². The monoisotopic (exact) mass is 742 g/mol. The Morgan fingerprint density at radius 1 is 1.00 bits per heavy atom. The Labute approximate surface area is 297 Å². The van der Waals surface area contributed by atoms with Gasteiger partial charge in [0, 0.05) is 23.2 Å². The first kappa shape index (κ1) is 34.7. The number of carboxylic acid groups (broad SMARTS) is 1. The van der Waals surface area contributed by atoms with Gasteiger partial charge in [-0.1, -0.05) is 18.2 Å². The fraction of sp³-hybridized carbons (Fsp3) is 0.351. The Morgan fingerprint density at radius 3 is 2.32 bits per heavy atom. The molecule has 8 rings (SSSR count). The molecule has 276 valence electrons. The molecule has 2 aromatic carbocycles. The van der Waals surface area contributed by atoms with Gasteiger partial charge in [0.05, 0.1) is 54.7 Å². The number of hydrogen-bond acceptors (Lipinski definition) is 7. The molecule has 2 spiro atoms. The van der Waals surface area contributed by atoms with E-state index >= 15 is 0 Å². The number of benzene rings is 2. The van der Waals surface area contributed by atoms with Crippen molar-refractivity contribution in [1.82, 2.24) is 14.9 Å². The number of carbonyl (C=O) groups excluding carboxylic acids is 1. The molecule has 1 amide bonds. The number of ether oxygens (including phenoxy) is 2. The molecule has 2 saturated carbocycles. The molecule has 1 N–H and O–H groups in total. The van der Waals surface area contributed by atoms with Crippen LogP contribution in [0.25, 0.3) is 22.3 Å². The number of hydrogen-bond donors (Lipinski definition) is 1. The van der Waals surface area contributed by atoms with Crippen molar-refractivity contribution in [3.05, 3.63) is 94.4 Å². The third-order valence-electron chi connectivity index (χ3n) is 10.7. The highest BCUT2D eigenvalue weighted by Gasteiger charge is 2.84. The summed E-state index contributed by atoms with van der Waals surface area (Å²) in [5, 5.41) is 9.44. The molecule has 5 aliphatic rings. The van der Waals surface area contributed by atoms with E-state index in [0.29, 0.717) is 45.7 Å². The van der Waals surface area contributed by atoms with Crippen LogP contribution in [0.3, 0.4) is 0 Å². The fourth-order valence-electron chi connectivity index (χ4n) is 7.87. The molecule has 16 heteroatoms. The lowest BCUT2D eigenvalue weighted by Gasteiger charge is -2.34. The normalized spacial score (nSPS) is 23.2. The minimum Gasteiger partial charge on any atom is -0.496 e. The molecule has 2 atom stereocenters. The van der Waals surface area contributed by atoms with Crippen LogP contribution < -0.4 is 9.64 Å².